The van der Waals surface area contributed by atoms with Crippen molar-refractivity contribution in [2.24, 2.45) is 10.9 Å². The number of hydrogen-bond acceptors (Lipinski definition) is 4. The number of nitrogens with zero attached hydrogens (tertiary/aromatic N) is 3. The van der Waals surface area contributed by atoms with Crippen molar-refractivity contribution in [1.82, 2.24) is 9.88 Å². The molecule has 1 aromatic rings. The van der Waals surface area contributed by atoms with E-state index in [0.717, 1.165) is 12.1 Å². The first-order chi connectivity index (χ1) is 9.70. The summed E-state index contributed by atoms with van der Waals surface area (Å²) in [5, 5.41) is 11.7. The van der Waals surface area contributed by atoms with Crippen molar-refractivity contribution in [3.8, 4) is 0 Å². The van der Waals surface area contributed by atoms with Gasteiger partial charge in [-0.2, -0.15) is 0 Å². The van der Waals surface area contributed by atoms with Crippen LogP contribution in [0.25, 0.3) is 0 Å². The van der Waals surface area contributed by atoms with Crippen LogP contribution >= 0.6 is 0 Å². The molecule has 0 saturated heterocycles. The molecule has 0 atom stereocenters. The first-order valence-corrected chi connectivity index (χ1v) is 7.34. The lowest BCUT2D eigenvalue weighted by molar-refractivity contribution is 0.213. The zero-order valence-corrected chi connectivity index (χ0v) is 12.1. The summed E-state index contributed by atoms with van der Waals surface area (Å²) < 4.78 is 0. The van der Waals surface area contributed by atoms with Crippen molar-refractivity contribution in [2.45, 2.75) is 51.1 Å². The first-order valence-electron chi connectivity index (χ1n) is 7.34. The molecule has 1 aliphatic carbocycles. The number of rotatable bonds is 4. The molecule has 0 aliphatic heterocycles. The van der Waals surface area contributed by atoms with Gasteiger partial charge in [-0.15, -0.1) is 0 Å². The van der Waals surface area contributed by atoms with Crippen LogP contribution in [0.3, 0.4) is 0 Å². The van der Waals surface area contributed by atoms with E-state index in [9.17, 15) is 0 Å². The second kappa shape index (κ2) is 7.24. The van der Waals surface area contributed by atoms with Gasteiger partial charge in [0.2, 0.25) is 0 Å². The molecule has 1 heterocycles. The zero-order chi connectivity index (χ0) is 14.4. The Hall–Kier alpha value is -1.62. The van der Waals surface area contributed by atoms with Gasteiger partial charge in [-0.05, 0) is 37.6 Å². The van der Waals surface area contributed by atoms with Crippen LogP contribution < -0.4 is 5.73 Å². The maximum absolute atomic E-state index is 8.71. The van der Waals surface area contributed by atoms with E-state index >= 15 is 0 Å². The lowest BCUT2D eigenvalue weighted by Crippen LogP contribution is -2.30. The molecule has 5 heteroatoms. The second-order valence-electron chi connectivity index (χ2n) is 5.60. The van der Waals surface area contributed by atoms with Crippen LogP contribution in [-0.2, 0) is 6.54 Å². The molecule has 0 amide bonds. The van der Waals surface area contributed by atoms with Gasteiger partial charge < -0.3 is 10.9 Å². The third-order valence-corrected chi connectivity index (χ3v) is 4.07. The molecule has 1 fully saturated rings. The third-order valence-electron chi connectivity index (χ3n) is 4.07. The molecule has 3 N–H and O–H groups in total. The quantitative estimate of drug-likeness (QED) is 0.291. The minimum atomic E-state index is 0.0592. The minimum Gasteiger partial charge on any atom is -0.409 e. The monoisotopic (exact) mass is 276 g/mol. The van der Waals surface area contributed by atoms with Crippen LogP contribution in [0.2, 0.25) is 0 Å². The smallest absolute Gasteiger partial charge is 0.188 e. The van der Waals surface area contributed by atoms with Crippen LogP contribution in [0.15, 0.2) is 23.5 Å². The second-order valence-corrected chi connectivity index (χ2v) is 5.60. The highest BCUT2D eigenvalue weighted by atomic mass is 16.4. The Kier molecular flexibility index (Phi) is 5.35. The Morgan fingerprint density at radius 3 is 2.75 bits per heavy atom. The van der Waals surface area contributed by atoms with Gasteiger partial charge in [0.05, 0.1) is 0 Å². The van der Waals surface area contributed by atoms with E-state index in [0.29, 0.717) is 11.7 Å². The van der Waals surface area contributed by atoms with Crippen molar-refractivity contribution >= 4 is 5.84 Å². The highest BCUT2D eigenvalue weighted by Gasteiger charge is 2.17. The summed E-state index contributed by atoms with van der Waals surface area (Å²) in [5.41, 5.74) is 7.26. The van der Waals surface area contributed by atoms with E-state index < -0.39 is 0 Å². The number of amidine groups is 1. The van der Waals surface area contributed by atoms with Crippen LogP contribution in [0, 0.1) is 0 Å². The number of oxime groups is 1. The Bertz CT molecular complexity index is 453. The molecule has 2 rings (SSSR count). The van der Waals surface area contributed by atoms with Gasteiger partial charge in [-0.3, -0.25) is 9.88 Å². The molecule has 110 valence electrons. The zero-order valence-electron chi connectivity index (χ0n) is 12.1. The lowest BCUT2D eigenvalue weighted by Gasteiger charge is -2.27. The molecule has 0 unspecified atom stereocenters. The van der Waals surface area contributed by atoms with Crippen molar-refractivity contribution in [2.75, 3.05) is 7.05 Å². The van der Waals surface area contributed by atoms with Crippen molar-refractivity contribution < 1.29 is 5.21 Å². The Balaban J connectivity index is 2.01. The number of pyridine rings is 1. The van der Waals surface area contributed by atoms with Crippen molar-refractivity contribution in [3.63, 3.8) is 0 Å². The van der Waals surface area contributed by atoms with E-state index in [4.69, 9.17) is 10.9 Å². The fourth-order valence-corrected chi connectivity index (χ4v) is 2.88. The molecule has 20 heavy (non-hydrogen) atoms. The third kappa shape index (κ3) is 3.93. The van der Waals surface area contributed by atoms with E-state index in [1.807, 2.05) is 12.1 Å². The Labute approximate surface area is 120 Å². The van der Waals surface area contributed by atoms with E-state index in [-0.39, 0.29) is 5.84 Å². The van der Waals surface area contributed by atoms with Crippen molar-refractivity contribution in [3.05, 3.63) is 29.6 Å². The maximum Gasteiger partial charge on any atom is 0.188 e. The van der Waals surface area contributed by atoms with Crippen LogP contribution in [0.1, 0.15) is 49.8 Å². The fourth-order valence-electron chi connectivity index (χ4n) is 2.88. The summed E-state index contributed by atoms with van der Waals surface area (Å²) in [5.74, 6) is 0.0592. The molecular weight excluding hydrogens is 252 g/mol. The van der Waals surface area contributed by atoms with E-state index in [2.05, 4.69) is 22.1 Å². The summed E-state index contributed by atoms with van der Waals surface area (Å²) in [4.78, 5) is 6.52. The van der Waals surface area contributed by atoms with Gasteiger partial charge in [0.15, 0.2) is 5.84 Å². The van der Waals surface area contributed by atoms with Gasteiger partial charge in [0.1, 0.15) is 5.69 Å². The highest BCUT2D eigenvalue weighted by Crippen LogP contribution is 2.22. The average Bonchev–Trinajstić information content (AvgIpc) is 2.76. The highest BCUT2D eigenvalue weighted by molar-refractivity contribution is 5.95. The molecule has 0 spiro atoms. The summed E-state index contributed by atoms with van der Waals surface area (Å²) in [6.45, 7) is 0.874. The van der Waals surface area contributed by atoms with Gasteiger partial charge in [-0.25, -0.2) is 0 Å². The fraction of sp³-hybridized carbons (Fsp3) is 0.600. The maximum atomic E-state index is 8.71. The summed E-state index contributed by atoms with van der Waals surface area (Å²) in [6, 6.07) is 4.54. The minimum absolute atomic E-state index is 0.0592. The van der Waals surface area contributed by atoms with E-state index in [1.165, 1.54) is 38.5 Å². The standard InChI is InChI=1S/C15H24N4O/c1-19(13-6-4-2-3-5-7-13)11-12-8-9-17-14(10-12)15(16)18-20/h8-10,13,20H,2-7,11H2,1H3,(H2,16,18). The van der Waals surface area contributed by atoms with E-state index in [1.54, 1.807) is 6.20 Å². The first kappa shape index (κ1) is 14.8. The Morgan fingerprint density at radius 2 is 2.10 bits per heavy atom. The van der Waals surface area contributed by atoms with Gasteiger partial charge in [-0.1, -0.05) is 30.8 Å². The van der Waals surface area contributed by atoms with Gasteiger partial charge in [0, 0.05) is 18.8 Å². The van der Waals surface area contributed by atoms with Gasteiger partial charge >= 0.3 is 0 Å². The molecule has 1 aromatic heterocycles. The topological polar surface area (TPSA) is 74.7 Å². The molecule has 0 aromatic carbocycles. The normalized spacial score (nSPS) is 18.2. The molecular formula is C15H24N4O. The largest absolute Gasteiger partial charge is 0.409 e. The predicted octanol–water partition coefficient (Wildman–Crippen LogP) is 2.33. The molecule has 0 bridgehead atoms. The molecule has 1 saturated carbocycles. The SMILES string of the molecule is CN(Cc1ccnc(C(N)=NO)c1)C1CCCCCC1. The van der Waals surface area contributed by atoms with Crippen LogP contribution in [0.5, 0.6) is 0 Å². The number of aromatic nitrogens is 1. The Morgan fingerprint density at radius 1 is 1.40 bits per heavy atom. The van der Waals surface area contributed by atoms with Crippen molar-refractivity contribution in [1.29, 1.82) is 0 Å². The summed E-state index contributed by atoms with van der Waals surface area (Å²) >= 11 is 0. The lowest BCUT2D eigenvalue weighted by atomic mass is 10.1. The number of nitrogens with two attached hydrogens (primary N) is 1. The molecule has 5 nitrogen and oxygen atoms in total. The number of hydrogen-bond donors (Lipinski definition) is 2. The predicted molar refractivity (Wildman–Crippen MR) is 79.7 cm³/mol. The van der Waals surface area contributed by atoms with Crippen LogP contribution in [-0.4, -0.2) is 34.0 Å². The summed E-state index contributed by atoms with van der Waals surface area (Å²) in [6.07, 6.45) is 9.69. The van der Waals surface area contributed by atoms with Crippen LogP contribution in [0.4, 0.5) is 0 Å². The molecule has 0 radical (unpaired) electrons. The van der Waals surface area contributed by atoms with Gasteiger partial charge in [0.25, 0.3) is 0 Å². The average molecular weight is 276 g/mol. The summed E-state index contributed by atoms with van der Waals surface area (Å²) in [7, 11) is 2.18. The molecule has 1 aliphatic rings.